The molecular weight excluding hydrogens is 262 g/mol. The molecule has 0 radical (unpaired) electrons. The molecule has 2 rings (SSSR count). The van der Waals surface area contributed by atoms with Crippen molar-refractivity contribution in [3.05, 3.63) is 11.9 Å². The van der Waals surface area contributed by atoms with E-state index in [0.29, 0.717) is 12.0 Å². The van der Waals surface area contributed by atoms with E-state index in [1.807, 2.05) is 6.07 Å². The van der Waals surface area contributed by atoms with Crippen molar-refractivity contribution in [1.29, 1.82) is 0 Å². The first-order chi connectivity index (χ1) is 10.1. The number of nitrogens with one attached hydrogen (secondary N) is 2. The fraction of sp³-hybridized carbons (Fsp3) is 0.750. The van der Waals surface area contributed by atoms with E-state index in [1.54, 1.807) is 0 Å². The topological polar surface area (TPSA) is 53.1 Å². The minimum Gasteiger partial charge on any atom is -0.370 e. The summed E-state index contributed by atoms with van der Waals surface area (Å²) >= 11 is 0. The Labute approximate surface area is 128 Å². The monoisotopic (exact) mass is 291 g/mol. The van der Waals surface area contributed by atoms with Gasteiger partial charge in [-0.15, -0.1) is 0 Å². The summed E-state index contributed by atoms with van der Waals surface area (Å²) in [7, 11) is 4.21. The Balaban J connectivity index is 2.01. The maximum atomic E-state index is 4.69. The number of nitrogens with zero attached hydrogens (tertiary/aromatic N) is 3. The molecule has 0 aliphatic heterocycles. The van der Waals surface area contributed by atoms with Gasteiger partial charge < -0.3 is 15.5 Å². The van der Waals surface area contributed by atoms with Crippen molar-refractivity contribution >= 4 is 11.6 Å². The minimum atomic E-state index is 0.411. The summed E-state index contributed by atoms with van der Waals surface area (Å²) in [6.07, 6.45) is 4.66. The van der Waals surface area contributed by atoms with Gasteiger partial charge in [0.1, 0.15) is 17.5 Å². The lowest BCUT2D eigenvalue weighted by Gasteiger charge is -2.18. The molecule has 1 fully saturated rings. The van der Waals surface area contributed by atoms with Crippen molar-refractivity contribution in [3.8, 4) is 0 Å². The van der Waals surface area contributed by atoms with Crippen LogP contribution in [0.2, 0.25) is 0 Å². The molecule has 0 amide bonds. The summed E-state index contributed by atoms with van der Waals surface area (Å²) in [6, 6.07) is 2.45. The van der Waals surface area contributed by atoms with Crippen LogP contribution in [0.4, 0.5) is 11.6 Å². The van der Waals surface area contributed by atoms with Gasteiger partial charge in [0.25, 0.3) is 0 Å². The second kappa shape index (κ2) is 7.59. The predicted molar refractivity (Wildman–Crippen MR) is 89.0 cm³/mol. The molecule has 0 saturated heterocycles. The van der Waals surface area contributed by atoms with E-state index in [2.05, 4.69) is 48.5 Å². The second-order valence-electron chi connectivity index (χ2n) is 6.34. The molecule has 5 nitrogen and oxygen atoms in total. The fourth-order valence-corrected chi connectivity index (χ4v) is 2.18. The summed E-state index contributed by atoms with van der Waals surface area (Å²) in [4.78, 5) is 11.5. The van der Waals surface area contributed by atoms with E-state index in [0.717, 1.165) is 43.4 Å². The number of anilines is 2. The quantitative estimate of drug-likeness (QED) is 0.732. The average molecular weight is 291 g/mol. The Bertz CT molecular complexity index is 442. The van der Waals surface area contributed by atoms with Crippen LogP contribution in [0.15, 0.2) is 6.07 Å². The largest absolute Gasteiger partial charge is 0.370 e. The third-order valence-corrected chi connectivity index (χ3v) is 3.65. The van der Waals surface area contributed by atoms with E-state index >= 15 is 0 Å². The van der Waals surface area contributed by atoms with Crippen molar-refractivity contribution < 1.29 is 0 Å². The molecule has 1 atom stereocenters. The van der Waals surface area contributed by atoms with Crippen LogP contribution >= 0.6 is 0 Å². The molecular formula is C16H29N5. The molecule has 1 unspecified atom stereocenters. The molecule has 21 heavy (non-hydrogen) atoms. The molecule has 0 spiro atoms. The zero-order valence-corrected chi connectivity index (χ0v) is 13.8. The summed E-state index contributed by atoms with van der Waals surface area (Å²) in [6.45, 7) is 6.41. The van der Waals surface area contributed by atoms with Gasteiger partial charge in [-0.1, -0.05) is 6.92 Å². The molecule has 5 heteroatoms. The van der Waals surface area contributed by atoms with Crippen LogP contribution in [0.25, 0.3) is 0 Å². The standard InChI is InChI=1S/C16H29N5/c1-5-9-17-14-11-15(18-12(2)8-10-21(3)4)20-16(19-14)13-6-7-13/h11-13H,5-10H2,1-4H3,(H2,17,18,19,20). The zero-order valence-electron chi connectivity index (χ0n) is 13.8. The summed E-state index contributed by atoms with van der Waals surface area (Å²) in [5.74, 6) is 3.48. The number of hydrogen-bond donors (Lipinski definition) is 2. The van der Waals surface area contributed by atoms with Gasteiger partial charge in [-0.25, -0.2) is 9.97 Å². The van der Waals surface area contributed by atoms with Gasteiger partial charge in [0.05, 0.1) is 0 Å². The van der Waals surface area contributed by atoms with Gasteiger partial charge in [-0.3, -0.25) is 0 Å². The molecule has 1 aromatic rings. The van der Waals surface area contributed by atoms with Crippen molar-refractivity contribution in [1.82, 2.24) is 14.9 Å². The Hall–Kier alpha value is -1.36. The molecule has 1 heterocycles. The van der Waals surface area contributed by atoms with Gasteiger partial charge >= 0.3 is 0 Å². The minimum absolute atomic E-state index is 0.411. The molecule has 1 saturated carbocycles. The first-order valence-corrected chi connectivity index (χ1v) is 8.12. The predicted octanol–water partition coefficient (Wildman–Crippen LogP) is 2.93. The molecule has 1 aliphatic rings. The lowest BCUT2D eigenvalue weighted by atomic mass is 10.2. The van der Waals surface area contributed by atoms with Gasteiger partial charge in [0, 0.05) is 24.6 Å². The maximum absolute atomic E-state index is 4.69. The first-order valence-electron chi connectivity index (χ1n) is 8.12. The summed E-state index contributed by atoms with van der Waals surface area (Å²) in [5.41, 5.74) is 0. The van der Waals surface area contributed by atoms with Crippen LogP contribution in [0.5, 0.6) is 0 Å². The van der Waals surface area contributed by atoms with E-state index in [4.69, 9.17) is 4.98 Å². The Morgan fingerprint density at radius 1 is 1.29 bits per heavy atom. The third kappa shape index (κ3) is 5.50. The van der Waals surface area contributed by atoms with Crippen molar-refractivity contribution in [3.63, 3.8) is 0 Å². The number of aromatic nitrogens is 2. The lowest BCUT2D eigenvalue weighted by Crippen LogP contribution is -2.23. The van der Waals surface area contributed by atoms with Crippen molar-refractivity contribution in [2.75, 3.05) is 37.8 Å². The first kappa shape index (κ1) is 16.0. The van der Waals surface area contributed by atoms with Crippen LogP contribution in [0.1, 0.15) is 51.3 Å². The highest BCUT2D eigenvalue weighted by Crippen LogP contribution is 2.38. The zero-order chi connectivity index (χ0) is 15.2. The highest BCUT2D eigenvalue weighted by atomic mass is 15.1. The molecule has 118 valence electrons. The van der Waals surface area contributed by atoms with E-state index in [-0.39, 0.29) is 0 Å². The molecule has 1 aliphatic carbocycles. The molecule has 2 N–H and O–H groups in total. The molecule has 1 aromatic heterocycles. The van der Waals surface area contributed by atoms with Crippen molar-refractivity contribution in [2.24, 2.45) is 0 Å². The SMILES string of the molecule is CCCNc1cc(NC(C)CCN(C)C)nc(C2CC2)n1. The van der Waals surface area contributed by atoms with E-state index in [9.17, 15) is 0 Å². The number of hydrogen-bond acceptors (Lipinski definition) is 5. The smallest absolute Gasteiger partial charge is 0.136 e. The van der Waals surface area contributed by atoms with Crippen LogP contribution in [-0.2, 0) is 0 Å². The van der Waals surface area contributed by atoms with Gasteiger partial charge in [0.15, 0.2) is 0 Å². The second-order valence-corrected chi connectivity index (χ2v) is 6.34. The van der Waals surface area contributed by atoms with Crippen LogP contribution in [0, 0.1) is 0 Å². The Morgan fingerprint density at radius 3 is 2.62 bits per heavy atom. The van der Waals surface area contributed by atoms with E-state index < -0.39 is 0 Å². The Kier molecular flexibility index (Phi) is 5.79. The van der Waals surface area contributed by atoms with E-state index in [1.165, 1.54) is 12.8 Å². The van der Waals surface area contributed by atoms with Crippen LogP contribution < -0.4 is 10.6 Å². The van der Waals surface area contributed by atoms with Gasteiger partial charge in [-0.2, -0.15) is 0 Å². The van der Waals surface area contributed by atoms with Gasteiger partial charge in [-0.05, 0) is 53.2 Å². The molecule has 0 aromatic carbocycles. The average Bonchev–Trinajstić information content (AvgIpc) is 3.27. The van der Waals surface area contributed by atoms with Crippen molar-refractivity contribution in [2.45, 2.75) is 51.5 Å². The highest BCUT2D eigenvalue weighted by molar-refractivity contribution is 5.48. The molecule has 0 bridgehead atoms. The Morgan fingerprint density at radius 2 is 2.00 bits per heavy atom. The summed E-state index contributed by atoms with van der Waals surface area (Å²) in [5, 5.41) is 6.90. The highest BCUT2D eigenvalue weighted by Gasteiger charge is 2.27. The normalized spacial score (nSPS) is 16.0. The third-order valence-electron chi connectivity index (χ3n) is 3.65. The fourth-order valence-electron chi connectivity index (χ4n) is 2.18. The van der Waals surface area contributed by atoms with Crippen LogP contribution in [0.3, 0.4) is 0 Å². The number of rotatable bonds is 9. The van der Waals surface area contributed by atoms with Crippen LogP contribution in [-0.4, -0.2) is 48.1 Å². The summed E-state index contributed by atoms with van der Waals surface area (Å²) < 4.78 is 0. The lowest BCUT2D eigenvalue weighted by molar-refractivity contribution is 0.390. The maximum Gasteiger partial charge on any atom is 0.136 e. The van der Waals surface area contributed by atoms with Gasteiger partial charge in [0.2, 0.25) is 0 Å².